The van der Waals surface area contributed by atoms with Crippen molar-refractivity contribution >= 4 is 28.7 Å². The van der Waals surface area contributed by atoms with E-state index in [0.29, 0.717) is 37.2 Å². The van der Waals surface area contributed by atoms with Gasteiger partial charge >= 0.3 is 5.97 Å². The first-order valence-electron chi connectivity index (χ1n) is 12.9. The molecule has 0 saturated heterocycles. The summed E-state index contributed by atoms with van der Waals surface area (Å²) in [4.78, 5) is 11.5. The van der Waals surface area contributed by atoms with Crippen molar-refractivity contribution in [2.45, 2.75) is 76.0 Å². The molecule has 0 spiro atoms. The van der Waals surface area contributed by atoms with E-state index >= 15 is 0 Å². The molecule has 0 amide bonds. The number of benzene rings is 2. The minimum atomic E-state index is -4.02. The zero-order valence-electron chi connectivity index (χ0n) is 22.8. The predicted molar refractivity (Wildman–Crippen MR) is 152 cm³/mol. The van der Waals surface area contributed by atoms with Crippen LogP contribution < -0.4 is 9.47 Å². The predicted octanol–water partition coefficient (Wildman–Crippen LogP) is 5.92. The van der Waals surface area contributed by atoms with E-state index in [4.69, 9.17) is 23.5 Å². The number of unbranched alkanes of at least 4 members (excludes halogenated alkanes) is 1. The van der Waals surface area contributed by atoms with E-state index in [9.17, 15) is 13.2 Å². The Labute approximate surface area is 233 Å². The van der Waals surface area contributed by atoms with Crippen LogP contribution >= 0.6 is 12.6 Å². The molecule has 8 nitrogen and oxygen atoms in total. The van der Waals surface area contributed by atoms with Crippen molar-refractivity contribution in [2.24, 2.45) is 0 Å². The van der Waals surface area contributed by atoms with Gasteiger partial charge in [-0.25, -0.2) is 0 Å². The average Bonchev–Trinajstić information content (AvgIpc) is 2.90. The number of hydrogen-bond acceptors (Lipinski definition) is 8. The van der Waals surface area contributed by atoms with Crippen molar-refractivity contribution in [2.75, 3.05) is 26.4 Å². The molecule has 0 radical (unpaired) electrons. The monoisotopic (exact) mass is 570 g/mol. The molecule has 0 aromatic heterocycles. The first kappa shape index (κ1) is 33.8. The van der Waals surface area contributed by atoms with Crippen LogP contribution in [0.1, 0.15) is 58.4 Å². The molecular formula is C28H42O8S2. The zero-order chi connectivity index (χ0) is 28.4. The van der Waals surface area contributed by atoms with E-state index in [1.807, 2.05) is 38.1 Å². The van der Waals surface area contributed by atoms with Crippen molar-refractivity contribution in [3.05, 3.63) is 54.1 Å². The maximum atomic E-state index is 11.5. The number of rotatable bonds is 16. The summed E-state index contributed by atoms with van der Waals surface area (Å²) >= 11 is 4.51. The molecule has 38 heavy (non-hydrogen) atoms. The van der Waals surface area contributed by atoms with Gasteiger partial charge in [0.1, 0.15) is 18.1 Å². The van der Waals surface area contributed by atoms with Crippen LogP contribution in [0, 0.1) is 6.92 Å². The summed E-state index contributed by atoms with van der Waals surface area (Å²) in [5.74, 6) is 1.20. The Morgan fingerprint density at radius 3 is 2.21 bits per heavy atom. The third-order valence-corrected chi connectivity index (χ3v) is 6.82. The van der Waals surface area contributed by atoms with Crippen LogP contribution in [0.15, 0.2) is 53.4 Å². The first-order valence-corrected chi connectivity index (χ1v) is 14.9. The maximum absolute atomic E-state index is 11.5. The van der Waals surface area contributed by atoms with Crippen molar-refractivity contribution < 1.29 is 36.7 Å². The van der Waals surface area contributed by atoms with Gasteiger partial charge in [0.25, 0.3) is 10.1 Å². The fourth-order valence-electron chi connectivity index (χ4n) is 3.06. The van der Waals surface area contributed by atoms with E-state index in [-0.39, 0.29) is 17.5 Å². The van der Waals surface area contributed by atoms with E-state index in [2.05, 4.69) is 19.6 Å². The van der Waals surface area contributed by atoms with Crippen LogP contribution in [-0.2, 0) is 24.4 Å². The topological polar surface area (TPSA) is 108 Å². The largest absolute Gasteiger partial charge is 0.493 e. The molecule has 1 N–H and O–H groups in total. The highest BCUT2D eigenvalue weighted by Crippen LogP contribution is 2.20. The van der Waals surface area contributed by atoms with Crippen LogP contribution in [0.2, 0.25) is 0 Å². The van der Waals surface area contributed by atoms with Gasteiger partial charge in [-0.1, -0.05) is 37.6 Å². The smallest absolute Gasteiger partial charge is 0.305 e. The molecule has 0 aliphatic rings. The SMILES string of the molecule is CCOCC(COc1cccc(OCCCCC(S)CC)c1)OC(=O)CC.Cc1ccc(S(=O)(=O)O)cc1. The third kappa shape index (κ3) is 15.2. The van der Waals surface area contributed by atoms with Gasteiger partial charge in [0.05, 0.1) is 18.1 Å². The number of ether oxygens (including phenoxy) is 4. The zero-order valence-corrected chi connectivity index (χ0v) is 24.5. The van der Waals surface area contributed by atoms with Crippen LogP contribution in [0.5, 0.6) is 11.5 Å². The Kier molecular flexibility index (Phi) is 16.8. The minimum absolute atomic E-state index is 0.0666. The molecule has 2 aromatic carbocycles. The number of thiol groups is 1. The quantitative estimate of drug-likeness (QED) is 0.111. The average molecular weight is 571 g/mol. The van der Waals surface area contributed by atoms with E-state index in [1.54, 1.807) is 19.1 Å². The van der Waals surface area contributed by atoms with Gasteiger partial charge in [-0.2, -0.15) is 21.0 Å². The normalized spacial score (nSPS) is 12.6. The van der Waals surface area contributed by atoms with Gasteiger partial charge in [0, 0.05) is 24.3 Å². The van der Waals surface area contributed by atoms with Crippen LogP contribution in [0.4, 0.5) is 0 Å². The van der Waals surface area contributed by atoms with Gasteiger partial charge in [0.2, 0.25) is 0 Å². The lowest BCUT2D eigenvalue weighted by atomic mass is 10.1. The fourth-order valence-corrected chi connectivity index (χ4v) is 3.73. The number of carbonyl (C=O) groups excluding carboxylic acids is 1. The molecule has 0 heterocycles. The highest BCUT2D eigenvalue weighted by Gasteiger charge is 2.15. The molecule has 0 aliphatic carbocycles. The Balaban J connectivity index is 0.000000544. The Hall–Kier alpha value is -2.27. The molecule has 0 saturated carbocycles. The Morgan fingerprint density at radius 1 is 0.974 bits per heavy atom. The molecule has 2 atom stereocenters. The second-order valence-electron chi connectivity index (χ2n) is 8.61. The summed E-state index contributed by atoms with van der Waals surface area (Å²) in [6.07, 6.45) is 4.24. The Morgan fingerprint density at radius 2 is 1.63 bits per heavy atom. The summed E-state index contributed by atoms with van der Waals surface area (Å²) in [6, 6.07) is 13.5. The van der Waals surface area contributed by atoms with E-state index in [0.717, 1.165) is 37.0 Å². The fraction of sp³-hybridized carbons (Fsp3) is 0.536. The van der Waals surface area contributed by atoms with E-state index in [1.165, 1.54) is 12.1 Å². The molecule has 2 aromatic rings. The second-order valence-corrected chi connectivity index (χ2v) is 10.8. The molecule has 10 heteroatoms. The van der Waals surface area contributed by atoms with Crippen LogP contribution in [0.3, 0.4) is 0 Å². The minimum Gasteiger partial charge on any atom is -0.493 e. The first-order chi connectivity index (χ1) is 18.1. The lowest BCUT2D eigenvalue weighted by molar-refractivity contribution is -0.153. The van der Waals surface area contributed by atoms with Crippen molar-refractivity contribution in [3.63, 3.8) is 0 Å². The summed E-state index contributed by atoms with van der Waals surface area (Å²) in [5, 5.41) is 0.480. The molecule has 0 aliphatic heterocycles. The van der Waals surface area contributed by atoms with Crippen molar-refractivity contribution in [1.29, 1.82) is 0 Å². The van der Waals surface area contributed by atoms with Gasteiger partial charge in [-0.15, -0.1) is 0 Å². The summed E-state index contributed by atoms with van der Waals surface area (Å²) in [6.45, 7) is 9.47. The summed E-state index contributed by atoms with van der Waals surface area (Å²) in [5.41, 5.74) is 0.956. The van der Waals surface area contributed by atoms with Gasteiger partial charge < -0.3 is 18.9 Å². The second kappa shape index (κ2) is 18.9. The van der Waals surface area contributed by atoms with Gasteiger partial charge in [-0.05, 0) is 63.8 Å². The highest BCUT2D eigenvalue weighted by atomic mass is 32.2. The molecule has 0 fully saturated rings. The molecule has 2 rings (SSSR count). The summed E-state index contributed by atoms with van der Waals surface area (Å²) < 4.78 is 51.8. The van der Waals surface area contributed by atoms with Crippen LogP contribution in [-0.4, -0.2) is 56.7 Å². The van der Waals surface area contributed by atoms with Crippen molar-refractivity contribution in [1.82, 2.24) is 0 Å². The number of carbonyl (C=O) groups is 1. The van der Waals surface area contributed by atoms with Gasteiger partial charge in [-0.3, -0.25) is 9.35 Å². The highest BCUT2D eigenvalue weighted by molar-refractivity contribution is 7.85. The third-order valence-electron chi connectivity index (χ3n) is 5.33. The number of esters is 1. The molecule has 214 valence electrons. The number of hydrogen-bond donors (Lipinski definition) is 2. The lowest BCUT2D eigenvalue weighted by Gasteiger charge is -2.18. The molecular weight excluding hydrogens is 528 g/mol. The Bertz CT molecular complexity index is 1030. The van der Waals surface area contributed by atoms with Gasteiger partial charge in [0.15, 0.2) is 6.10 Å². The number of aryl methyl sites for hydroxylation is 1. The van der Waals surface area contributed by atoms with Crippen LogP contribution in [0.25, 0.3) is 0 Å². The lowest BCUT2D eigenvalue weighted by Crippen LogP contribution is -2.29. The molecule has 2 unspecified atom stereocenters. The summed E-state index contributed by atoms with van der Waals surface area (Å²) in [7, 11) is -4.02. The van der Waals surface area contributed by atoms with Crippen molar-refractivity contribution in [3.8, 4) is 11.5 Å². The van der Waals surface area contributed by atoms with E-state index < -0.39 is 16.2 Å². The standard InChI is InChI=1S/C21H34O5S.C7H8O3S/c1-4-20(27)12-7-8-13-24-17-10-9-11-18(14-17)25-16-19(15-23-6-3)26-21(22)5-2;1-6-2-4-7(5-3-6)11(8,9)10/h9-11,14,19-20,27H,4-8,12-13,15-16H2,1-3H3;2-5H,1H3,(H,8,9,10). The molecule has 0 bridgehead atoms. The maximum Gasteiger partial charge on any atom is 0.305 e.